The van der Waals surface area contributed by atoms with Gasteiger partial charge in [0.15, 0.2) is 5.17 Å². The quantitative estimate of drug-likeness (QED) is 0.853. The third-order valence-corrected chi connectivity index (χ3v) is 5.29. The molecule has 1 atom stereocenters. The van der Waals surface area contributed by atoms with E-state index >= 15 is 0 Å². The van der Waals surface area contributed by atoms with Crippen molar-refractivity contribution in [2.75, 3.05) is 31.9 Å². The van der Waals surface area contributed by atoms with Crippen molar-refractivity contribution < 1.29 is 0 Å². The van der Waals surface area contributed by atoms with E-state index in [1.54, 1.807) is 0 Å². The van der Waals surface area contributed by atoms with Crippen molar-refractivity contribution in [1.82, 2.24) is 10.2 Å². The molecule has 1 N–H and O–H groups in total. The molecule has 1 fully saturated rings. The number of nitrogens with one attached hydrogen (secondary N) is 1. The topological polar surface area (TPSA) is 27.6 Å². The van der Waals surface area contributed by atoms with E-state index in [4.69, 9.17) is 0 Å². The van der Waals surface area contributed by atoms with Crippen molar-refractivity contribution in [3.8, 4) is 0 Å². The fraction of sp³-hybridized carbons (Fsp3) is 0.929. The van der Waals surface area contributed by atoms with Gasteiger partial charge in [0.05, 0.1) is 0 Å². The summed E-state index contributed by atoms with van der Waals surface area (Å²) in [7, 11) is 0. The minimum Gasteiger partial charge on any atom is -0.363 e. The number of likely N-dealkylation sites (tertiary alicyclic amines) is 1. The van der Waals surface area contributed by atoms with Crippen molar-refractivity contribution in [1.29, 1.82) is 0 Å². The Morgan fingerprint density at radius 3 is 2.67 bits per heavy atom. The summed E-state index contributed by atoms with van der Waals surface area (Å²) in [5.74, 6) is 1.18. The molecule has 104 valence electrons. The monoisotopic (exact) mass is 269 g/mol. The van der Waals surface area contributed by atoms with Crippen LogP contribution in [0, 0.1) is 5.41 Å². The van der Waals surface area contributed by atoms with Gasteiger partial charge in [0.25, 0.3) is 0 Å². The van der Waals surface area contributed by atoms with Gasteiger partial charge < -0.3 is 5.32 Å². The van der Waals surface area contributed by atoms with Gasteiger partial charge in [-0.1, -0.05) is 32.0 Å². The molecule has 1 unspecified atom stereocenters. The average molecular weight is 269 g/mol. The van der Waals surface area contributed by atoms with Gasteiger partial charge in [0.1, 0.15) is 0 Å². The van der Waals surface area contributed by atoms with Crippen molar-refractivity contribution in [2.45, 2.75) is 46.1 Å². The molecule has 2 rings (SSSR count). The lowest BCUT2D eigenvalue weighted by Gasteiger charge is -2.33. The fourth-order valence-corrected chi connectivity index (χ4v) is 3.43. The van der Waals surface area contributed by atoms with Crippen LogP contribution in [0.25, 0.3) is 0 Å². The maximum atomic E-state index is 4.65. The Labute approximate surface area is 116 Å². The van der Waals surface area contributed by atoms with Crippen LogP contribution in [0.5, 0.6) is 0 Å². The second-order valence-electron chi connectivity index (χ2n) is 6.40. The van der Waals surface area contributed by atoms with E-state index < -0.39 is 0 Å². The molecule has 0 amide bonds. The zero-order chi connectivity index (χ0) is 13.0. The molecule has 4 heteroatoms. The summed E-state index contributed by atoms with van der Waals surface area (Å²) < 4.78 is 0. The SMILES string of the molecule is CC(CNC1=NCC(C)(C)CS1)N1CCCCC1. The normalized spacial score (nSPS) is 26.5. The van der Waals surface area contributed by atoms with Crippen LogP contribution >= 0.6 is 11.8 Å². The molecule has 2 aliphatic rings. The smallest absolute Gasteiger partial charge is 0.156 e. The lowest BCUT2D eigenvalue weighted by Crippen LogP contribution is -2.44. The first-order valence-corrected chi connectivity index (χ1v) is 8.21. The molecule has 2 heterocycles. The van der Waals surface area contributed by atoms with E-state index in [1.165, 1.54) is 38.1 Å². The van der Waals surface area contributed by atoms with E-state index in [9.17, 15) is 0 Å². The molecule has 0 radical (unpaired) electrons. The molecule has 0 aromatic carbocycles. The number of amidine groups is 1. The lowest BCUT2D eigenvalue weighted by molar-refractivity contribution is 0.175. The van der Waals surface area contributed by atoms with Crippen LogP contribution in [0.2, 0.25) is 0 Å². The van der Waals surface area contributed by atoms with Crippen LogP contribution in [0.3, 0.4) is 0 Å². The van der Waals surface area contributed by atoms with Gasteiger partial charge in [-0.25, -0.2) is 0 Å². The number of thioether (sulfide) groups is 1. The maximum Gasteiger partial charge on any atom is 0.156 e. The van der Waals surface area contributed by atoms with E-state index in [-0.39, 0.29) is 0 Å². The standard InChI is InChI=1S/C14H27N3S/c1-12(17-7-5-4-6-8-17)9-15-13-16-10-14(2,3)11-18-13/h12H,4-11H2,1-3H3,(H,15,16). The minimum absolute atomic E-state index is 0.369. The van der Waals surface area contributed by atoms with E-state index in [0.29, 0.717) is 11.5 Å². The number of hydrogen-bond acceptors (Lipinski definition) is 4. The van der Waals surface area contributed by atoms with Crippen LogP contribution in [-0.4, -0.2) is 48.0 Å². The third-order valence-electron chi connectivity index (χ3n) is 3.81. The Kier molecular flexibility index (Phi) is 4.96. The van der Waals surface area contributed by atoms with Crippen molar-refractivity contribution >= 4 is 16.9 Å². The molecule has 0 saturated carbocycles. The van der Waals surface area contributed by atoms with Gasteiger partial charge >= 0.3 is 0 Å². The van der Waals surface area contributed by atoms with Gasteiger partial charge in [-0.2, -0.15) is 0 Å². The van der Waals surface area contributed by atoms with Gasteiger partial charge in [0.2, 0.25) is 0 Å². The molecule has 0 spiro atoms. The van der Waals surface area contributed by atoms with E-state index in [2.05, 4.69) is 36.0 Å². The molecule has 18 heavy (non-hydrogen) atoms. The Hall–Kier alpha value is -0.220. The second kappa shape index (κ2) is 6.29. The first kappa shape index (κ1) is 14.2. The summed E-state index contributed by atoms with van der Waals surface area (Å²) in [6.45, 7) is 11.4. The van der Waals surface area contributed by atoms with Crippen LogP contribution in [0.1, 0.15) is 40.0 Å². The minimum atomic E-state index is 0.369. The molecular weight excluding hydrogens is 242 g/mol. The number of piperidine rings is 1. The van der Waals surface area contributed by atoms with Gasteiger partial charge in [-0.15, -0.1) is 0 Å². The van der Waals surface area contributed by atoms with Crippen molar-refractivity contribution in [2.24, 2.45) is 10.4 Å². The first-order valence-electron chi connectivity index (χ1n) is 7.22. The molecule has 0 aromatic rings. The van der Waals surface area contributed by atoms with E-state index in [0.717, 1.165) is 18.3 Å². The molecule has 0 bridgehead atoms. The number of aliphatic imine (C=N–C) groups is 1. The van der Waals surface area contributed by atoms with Crippen LogP contribution in [0.4, 0.5) is 0 Å². The Balaban J connectivity index is 1.72. The fourth-order valence-electron chi connectivity index (χ4n) is 2.47. The molecule has 0 aromatic heterocycles. The zero-order valence-corrected chi connectivity index (χ0v) is 12.9. The molecule has 1 saturated heterocycles. The van der Waals surface area contributed by atoms with Crippen molar-refractivity contribution in [3.63, 3.8) is 0 Å². The van der Waals surface area contributed by atoms with Gasteiger partial charge in [-0.3, -0.25) is 9.89 Å². The number of nitrogens with zero attached hydrogens (tertiary/aromatic N) is 2. The predicted octanol–water partition coefficient (Wildman–Crippen LogP) is 2.58. The van der Waals surface area contributed by atoms with Crippen molar-refractivity contribution in [3.05, 3.63) is 0 Å². The molecule has 3 nitrogen and oxygen atoms in total. The summed E-state index contributed by atoms with van der Waals surface area (Å²) in [4.78, 5) is 7.25. The highest BCUT2D eigenvalue weighted by molar-refractivity contribution is 8.13. The Morgan fingerprint density at radius 1 is 1.33 bits per heavy atom. The summed E-state index contributed by atoms with van der Waals surface area (Å²) in [5, 5.41) is 4.68. The Bertz CT molecular complexity index is 295. The highest BCUT2D eigenvalue weighted by Crippen LogP contribution is 2.27. The average Bonchev–Trinajstić information content (AvgIpc) is 2.38. The summed E-state index contributed by atoms with van der Waals surface area (Å²) in [5.41, 5.74) is 0.369. The highest BCUT2D eigenvalue weighted by atomic mass is 32.2. The van der Waals surface area contributed by atoms with E-state index in [1.807, 2.05) is 11.8 Å². The molecule has 0 aliphatic carbocycles. The number of hydrogen-bond donors (Lipinski definition) is 1. The second-order valence-corrected chi connectivity index (χ2v) is 7.36. The summed E-state index contributed by atoms with van der Waals surface area (Å²) in [6, 6.07) is 0.628. The largest absolute Gasteiger partial charge is 0.363 e. The molecule has 2 aliphatic heterocycles. The van der Waals surface area contributed by atoms with Crippen LogP contribution < -0.4 is 5.32 Å². The lowest BCUT2D eigenvalue weighted by atomic mass is 9.97. The first-order chi connectivity index (χ1) is 8.57. The third kappa shape index (κ3) is 4.16. The number of rotatable bonds is 3. The summed E-state index contributed by atoms with van der Waals surface area (Å²) >= 11 is 1.88. The van der Waals surface area contributed by atoms with Gasteiger partial charge in [-0.05, 0) is 38.3 Å². The highest BCUT2D eigenvalue weighted by Gasteiger charge is 2.24. The van der Waals surface area contributed by atoms with Crippen LogP contribution in [-0.2, 0) is 0 Å². The maximum absolute atomic E-state index is 4.65. The van der Waals surface area contributed by atoms with Crippen LogP contribution in [0.15, 0.2) is 4.99 Å². The summed E-state index contributed by atoms with van der Waals surface area (Å²) in [6.07, 6.45) is 4.15. The van der Waals surface area contributed by atoms with Gasteiger partial charge in [0, 0.05) is 24.9 Å². The Morgan fingerprint density at radius 2 is 2.06 bits per heavy atom. The predicted molar refractivity (Wildman–Crippen MR) is 81.4 cm³/mol. The molecular formula is C14H27N3S. The zero-order valence-electron chi connectivity index (χ0n) is 12.0.